The van der Waals surface area contributed by atoms with Gasteiger partial charge in [0.2, 0.25) is 0 Å². The van der Waals surface area contributed by atoms with Gasteiger partial charge in [0.15, 0.2) is 0 Å². The van der Waals surface area contributed by atoms with Crippen LogP contribution in [0.25, 0.3) is 11.3 Å². The van der Waals surface area contributed by atoms with E-state index in [1.807, 2.05) is 60.7 Å². The zero-order valence-corrected chi connectivity index (χ0v) is 12.2. The van der Waals surface area contributed by atoms with Gasteiger partial charge in [0.1, 0.15) is 11.3 Å². The van der Waals surface area contributed by atoms with Gasteiger partial charge in [-0.25, -0.2) is 4.79 Å². The van der Waals surface area contributed by atoms with Gasteiger partial charge in [-0.3, -0.25) is 4.68 Å². The second-order valence-electron chi connectivity index (χ2n) is 5.12. The highest BCUT2D eigenvalue weighted by Crippen LogP contribution is 2.25. The van der Waals surface area contributed by atoms with Gasteiger partial charge in [0.25, 0.3) is 0 Å². The molecule has 1 heterocycles. The smallest absolute Gasteiger partial charge is 0.339 e. The van der Waals surface area contributed by atoms with Gasteiger partial charge in [-0.05, 0) is 12.5 Å². The summed E-state index contributed by atoms with van der Waals surface area (Å²) in [5, 5.41) is 14.1. The molecule has 110 valence electrons. The van der Waals surface area contributed by atoms with E-state index >= 15 is 0 Å². The Morgan fingerprint density at radius 1 is 1.05 bits per heavy atom. The lowest BCUT2D eigenvalue weighted by atomic mass is 10.1. The largest absolute Gasteiger partial charge is 0.478 e. The summed E-state index contributed by atoms with van der Waals surface area (Å²) in [6.07, 6.45) is 0. The first-order valence-corrected chi connectivity index (χ1v) is 7.07. The van der Waals surface area contributed by atoms with Crippen LogP contribution in [0.2, 0.25) is 0 Å². The third kappa shape index (κ3) is 2.63. The van der Waals surface area contributed by atoms with Crippen molar-refractivity contribution >= 4 is 5.97 Å². The van der Waals surface area contributed by atoms with Gasteiger partial charge in [-0.2, -0.15) is 5.10 Å². The average molecular weight is 292 g/mol. The monoisotopic (exact) mass is 292 g/mol. The molecule has 0 aliphatic rings. The minimum Gasteiger partial charge on any atom is -0.478 e. The third-order valence-corrected chi connectivity index (χ3v) is 3.64. The summed E-state index contributed by atoms with van der Waals surface area (Å²) in [5.74, 6) is -0.948. The lowest BCUT2D eigenvalue weighted by molar-refractivity contribution is 0.0697. The fraction of sp³-hybridized carbons (Fsp3) is 0.111. The van der Waals surface area contributed by atoms with Gasteiger partial charge in [0.05, 0.1) is 12.2 Å². The van der Waals surface area contributed by atoms with Gasteiger partial charge < -0.3 is 5.11 Å². The van der Waals surface area contributed by atoms with Crippen LogP contribution in [0.1, 0.15) is 21.6 Å². The first-order chi connectivity index (χ1) is 10.7. The molecule has 0 aliphatic carbocycles. The van der Waals surface area contributed by atoms with Crippen molar-refractivity contribution in [3.05, 3.63) is 77.5 Å². The van der Waals surface area contributed by atoms with Crippen molar-refractivity contribution in [2.24, 2.45) is 0 Å². The molecular weight excluding hydrogens is 276 g/mol. The lowest BCUT2D eigenvalue weighted by Crippen LogP contribution is -2.05. The fourth-order valence-electron chi connectivity index (χ4n) is 2.51. The van der Waals surface area contributed by atoms with Crippen molar-refractivity contribution < 1.29 is 9.90 Å². The van der Waals surface area contributed by atoms with Crippen LogP contribution in [0, 0.1) is 6.92 Å². The lowest BCUT2D eigenvalue weighted by Gasteiger charge is -2.04. The molecule has 3 rings (SSSR count). The Kier molecular flexibility index (Phi) is 3.74. The van der Waals surface area contributed by atoms with Gasteiger partial charge in [-0.15, -0.1) is 0 Å². The van der Waals surface area contributed by atoms with E-state index in [0.29, 0.717) is 17.9 Å². The fourth-order valence-corrected chi connectivity index (χ4v) is 2.51. The standard InChI is InChI=1S/C18H16N2O2/c1-13-16(18(21)22)17(15-10-6-3-7-11-15)19-20(13)12-14-8-4-2-5-9-14/h2-11H,12H2,1H3,(H,21,22). The minimum atomic E-state index is -0.948. The van der Waals surface area contributed by atoms with E-state index in [9.17, 15) is 9.90 Å². The molecule has 0 radical (unpaired) electrons. The topological polar surface area (TPSA) is 55.1 Å². The number of rotatable bonds is 4. The second-order valence-corrected chi connectivity index (χ2v) is 5.12. The maximum absolute atomic E-state index is 11.6. The molecule has 22 heavy (non-hydrogen) atoms. The summed E-state index contributed by atoms with van der Waals surface area (Å²) in [6, 6.07) is 19.3. The van der Waals surface area contributed by atoms with Crippen molar-refractivity contribution in [2.45, 2.75) is 13.5 Å². The van der Waals surface area contributed by atoms with Crippen LogP contribution in [0.5, 0.6) is 0 Å². The summed E-state index contributed by atoms with van der Waals surface area (Å²) in [7, 11) is 0. The van der Waals surface area contributed by atoms with Gasteiger partial charge >= 0.3 is 5.97 Å². The highest BCUT2D eigenvalue weighted by Gasteiger charge is 2.21. The summed E-state index contributed by atoms with van der Waals surface area (Å²) in [5.41, 5.74) is 3.35. The van der Waals surface area contributed by atoms with Crippen molar-refractivity contribution in [2.75, 3.05) is 0 Å². The molecule has 3 aromatic rings. The summed E-state index contributed by atoms with van der Waals surface area (Å²) in [6.45, 7) is 2.35. The Morgan fingerprint density at radius 3 is 2.23 bits per heavy atom. The Hall–Kier alpha value is -2.88. The molecular formula is C18H16N2O2. The summed E-state index contributed by atoms with van der Waals surface area (Å²) in [4.78, 5) is 11.6. The molecule has 4 nitrogen and oxygen atoms in total. The first-order valence-electron chi connectivity index (χ1n) is 7.07. The number of aromatic carboxylic acids is 1. The Labute approximate surface area is 128 Å². The van der Waals surface area contributed by atoms with E-state index < -0.39 is 5.97 Å². The van der Waals surface area contributed by atoms with Crippen molar-refractivity contribution in [3.63, 3.8) is 0 Å². The molecule has 0 spiro atoms. The highest BCUT2D eigenvalue weighted by molar-refractivity contribution is 5.96. The van der Waals surface area contributed by atoms with E-state index in [2.05, 4.69) is 5.10 Å². The zero-order chi connectivity index (χ0) is 15.5. The number of hydrogen-bond donors (Lipinski definition) is 1. The molecule has 1 aromatic heterocycles. The Bertz CT molecular complexity index is 793. The van der Waals surface area contributed by atoms with Crippen LogP contribution < -0.4 is 0 Å². The van der Waals surface area contributed by atoms with E-state index in [1.54, 1.807) is 11.6 Å². The van der Waals surface area contributed by atoms with Gasteiger partial charge in [0, 0.05) is 5.56 Å². The number of carbonyl (C=O) groups is 1. The van der Waals surface area contributed by atoms with Crippen molar-refractivity contribution in [3.8, 4) is 11.3 Å². The quantitative estimate of drug-likeness (QED) is 0.799. The Morgan fingerprint density at radius 2 is 1.64 bits per heavy atom. The number of aromatic nitrogens is 2. The second kappa shape index (κ2) is 5.85. The molecule has 4 heteroatoms. The molecule has 2 aromatic carbocycles. The number of nitrogens with zero attached hydrogens (tertiary/aromatic N) is 2. The Balaban J connectivity index is 2.08. The molecule has 0 amide bonds. The highest BCUT2D eigenvalue weighted by atomic mass is 16.4. The van der Waals surface area contributed by atoms with E-state index in [-0.39, 0.29) is 5.56 Å². The predicted octanol–water partition coefficient (Wildman–Crippen LogP) is 3.61. The first kappa shape index (κ1) is 14.1. The predicted molar refractivity (Wildman–Crippen MR) is 84.9 cm³/mol. The van der Waals surface area contributed by atoms with E-state index in [4.69, 9.17) is 0 Å². The molecule has 0 unspecified atom stereocenters. The molecule has 0 fully saturated rings. The van der Waals surface area contributed by atoms with Crippen LogP contribution in [0.4, 0.5) is 0 Å². The number of carboxylic acids is 1. The molecule has 0 aliphatic heterocycles. The maximum Gasteiger partial charge on any atom is 0.339 e. The number of hydrogen-bond acceptors (Lipinski definition) is 2. The zero-order valence-electron chi connectivity index (χ0n) is 12.2. The molecule has 1 N–H and O–H groups in total. The minimum absolute atomic E-state index is 0.266. The third-order valence-electron chi connectivity index (χ3n) is 3.64. The van der Waals surface area contributed by atoms with Crippen LogP contribution in [0.3, 0.4) is 0 Å². The van der Waals surface area contributed by atoms with Crippen LogP contribution in [-0.4, -0.2) is 20.9 Å². The van der Waals surface area contributed by atoms with Crippen molar-refractivity contribution in [1.82, 2.24) is 9.78 Å². The molecule has 0 saturated heterocycles. The normalized spacial score (nSPS) is 10.6. The van der Waals surface area contributed by atoms with Crippen molar-refractivity contribution in [1.29, 1.82) is 0 Å². The average Bonchev–Trinajstić information content (AvgIpc) is 2.86. The number of benzene rings is 2. The van der Waals surface area contributed by atoms with E-state index in [1.165, 1.54) is 0 Å². The summed E-state index contributed by atoms with van der Waals surface area (Å²) < 4.78 is 1.75. The molecule has 0 saturated carbocycles. The summed E-state index contributed by atoms with van der Waals surface area (Å²) >= 11 is 0. The van der Waals surface area contributed by atoms with Crippen LogP contribution in [-0.2, 0) is 6.54 Å². The van der Waals surface area contributed by atoms with Crippen LogP contribution >= 0.6 is 0 Å². The SMILES string of the molecule is Cc1c(C(=O)O)c(-c2ccccc2)nn1Cc1ccccc1. The maximum atomic E-state index is 11.6. The molecule has 0 atom stereocenters. The van der Waals surface area contributed by atoms with Gasteiger partial charge in [-0.1, -0.05) is 60.7 Å². The van der Waals surface area contributed by atoms with E-state index in [0.717, 1.165) is 11.1 Å². The van der Waals surface area contributed by atoms with Crippen LogP contribution in [0.15, 0.2) is 60.7 Å². The number of carboxylic acid groups (broad SMARTS) is 1. The molecule has 0 bridgehead atoms.